The van der Waals surface area contributed by atoms with Crippen molar-refractivity contribution in [3.63, 3.8) is 0 Å². The minimum atomic E-state index is -0.881. The summed E-state index contributed by atoms with van der Waals surface area (Å²) in [6.45, 7) is 0. The fourth-order valence-electron chi connectivity index (χ4n) is 2.76. The molecule has 0 bridgehead atoms. The number of pyridine rings is 1. The molecule has 1 atom stereocenters. The Morgan fingerprint density at radius 2 is 2.04 bits per heavy atom. The van der Waals surface area contributed by atoms with Crippen molar-refractivity contribution in [3.05, 3.63) is 72.2 Å². The smallest absolute Gasteiger partial charge is 0.339 e. The number of ether oxygens (including phenoxy) is 1. The van der Waals surface area contributed by atoms with Gasteiger partial charge in [-0.05, 0) is 29.8 Å². The molecule has 0 saturated heterocycles. The van der Waals surface area contributed by atoms with Crippen molar-refractivity contribution in [2.75, 3.05) is 5.32 Å². The third-order valence-electron chi connectivity index (χ3n) is 3.95. The van der Waals surface area contributed by atoms with Gasteiger partial charge in [0.25, 0.3) is 5.91 Å². The normalized spacial score (nSPS) is 16.0. The average Bonchev–Trinajstić information content (AvgIpc) is 3.16. The van der Waals surface area contributed by atoms with E-state index in [1.165, 1.54) is 0 Å². The summed E-state index contributed by atoms with van der Waals surface area (Å²) in [4.78, 5) is 28.9. The van der Waals surface area contributed by atoms with Gasteiger partial charge in [-0.3, -0.25) is 4.79 Å². The van der Waals surface area contributed by atoms with E-state index in [2.05, 4.69) is 15.4 Å². The first-order chi connectivity index (χ1) is 12.2. The number of nitrogens with zero attached hydrogens (tertiary/aromatic N) is 3. The van der Waals surface area contributed by atoms with Crippen molar-refractivity contribution in [3.8, 4) is 5.82 Å². The van der Waals surface area contributed by atoms with Gasteiger partial charge in [-0.2, -0.15) is 5.10 Å². The number of cyclic esters (lactones) is 1. The zero-order valence-electron chi connectivity index (χ0n) is 13.1. The Bertz CT molecular complexity index is 937. The maximum atomic E-state index is 12.6. The average molecular weight is 334 g/mol. The molecule has 0 radical (unpaired) electrons. The monoisotopic (exact) mass is 334 g/mol. The Morgan fingerprint density at radius 3 is 2.88 bits per heavy atom. The van der Waals surface area contributed by atoms with Crippen LogP contribution in [0.5, 0.6) is 0 Å². The summed E-state index contributed by atoms with van der Waals surface area (Å²) in [5.41, 5.74) is 1.80. The van der Waals surface area contributed by atoms with E-state index in [0.29, 0.717) is 23.5 Å². The van der Waals surface area contributed by atoms with E-state index in [1.54, 1.807) is 53.6 Å². The van der Waals surface area contributed by atoms with Crippen LogP contribution >= 0.6 is 0 Å². The summed E-state index contributed by atoms with van der Waals surface area (Å²) >= 11 is 0. The largest absolute Gasteiger partial charge is 0.448 e. The topological polar surface area (TPSA) is 86.1 Å². The first kappa shape index (κ1) is 15.1. The van der Waals surface area contributed by atoms with E-state index in [9.17, 15) is 9.59 Å². The van der Waals surface area contributed by atoms with Crippen LogP contribution in [0.2, 0.25) is 0 Å². The number of aromatic nitrogens is 3. The lowest BCUT2D eigenvalue weighted by molar-refractivity contribution is -0.125. The molecule has 124 valence electrons. The maximum Gasteiger partial charge on any atom is 0.339 e. The van der Waals surface area contributed by atoms with Crippen molar-refractivity contribution in [1.82, 2.24) is 14.8 Å². The molecule has 0 saturated carbocycles. The molecule has 1 aromatic carbocycles. The quantitative estimate of drug-likeness (QED) is 0.740. The van der Waals surface area contributed by atoms with Gasteiger partial charge in [-0.1, -0.05) is 18.2 Å². The summed E-state index contributed by atoms with van der Waals surface area (Å²) in [5.74, 6) is -0.395. The minimum absolute atomic E-state index is 0.338. The second-order valence-corrected chi connectivity index (χ2v) is 5.57. The second kappa shape index (κ2) is 6.20. The van der Waals surface area contributed by atoms with Crippen molar-refractivity contribution in [1.29, 1.82) is 0 Å². The Hall–Kier alpha value is -3.48. The standard InChI is InChI=1S/C18H14N4O3/c23-17(15-11-12-5-1-2-6-13(12)18(24)25-15)21-14-7-3-8-19-16(14)22-10-4-9-20-22/h1-10,15H,11H2,(H,21,23)/t15-/m0/s1. The molecule has 0 aliphatic carbocycles. The van der Waals surface area contributed by atoms with E-state index in [-0.39, 0.29) is 0 Å². The number of rotatable bonds is 3. The van der Waals surface area contributed by atoms with Gasteiger partial charge in [0.1, 0.15) is 0 Å². The van der Waals surface area contributed by atoms with Gasteiger partial charge in [0.2, 0.25) is 0 Å². The molecule has 7 nitrogen and oxygen atoms in total. The highest BCUT2D eigenvalue weighted by atomic mass is 16.5. The van der Waals surface area contributed by atoms with Crippen LogP contribution in [-0.2, 0) is 16.0 Å². The van der Waals surface area contributed by atoms with Crippen LogP contribution in [0, 0.1) is 0 Å². The number of fused-ring (bicyclic) bond motifs is 1. The van der Waals surface area contributed by atoms with Gasteiger partial charge in [0, 0.05) is 25.0 Å². The number of anilines is 1. The van der Waals surface area contributed by atoms with Crippen molar-refractivity contribution < 1.29 is 14.3 Å². The van der Waals surface area contributed by atoms with Crippen molar-refractivity contribution in [2.45, 2.75) is 12.5 Å². The number of hydrogen-bond donors (Lipinski definition) is 1. The van der Waals surface area contributed by atoms with E-state index in [4.69, 9.17) is 4.74 Å². The summed E-state index contributed by atoms with van der Waals surface area (Å²) in [7, 11) is 0. The molecule has 0 fully saturated rings. The number of carbonyl (C=O) groups excluding carboxylic acids is 2. The lowest BCUT2D eigenvalue weighted by atomic mass is 9.98. The molecular formula is C18H14N4O3. The second-order valence-electron chi connectivity index (χ2n) is 5.57. The molecule has 1 N–H and O–H groups in total. The van der Waals surface area contributed by atoms with Crippen LogP contribution in [0.3, 0.4) is 0 Å². The molecule has 4 rings (SSSR count). The summed E-state index contributed by atoms with van der Waals surface area (Å²) in [5, 5.41) is 6.91. The van der Waals surface area contributed by atoms with Gasteiger partial charge < -0.3 is 10.1 Å². The maximum absolute atomic E-state index is 12.6. The fraction of sp³-hybridized carbons (Fsp3) is 0.111. The molecule has 0 spiro atoms. The number of esters is 1. The number of benzene rings is 1. The predicted molar refractivity (Wildman–Crippen MR) is 89.3 cm³/mol. The van der Waals surface area contributed by atoms with E-state index in [0.717, 1.165) is 5.56 Å². The lowest BCUT2D eigenvalue weighted by Crippen LogP contribution is -2.38. The van der Waals surface area contributed by atoms with E-state index >= 15 is 0 Å². The van der Waals surface area contributed by atoms with Crippen LogP contribution in [0.1, 0.15) is 15.9 Å². The first-order valence-electron chi connectivity index (χ1n) is 7.77. The highest BCUT2D eigenvalue weighted by Gasteiger charge is 2.31. The Balaban J connectivity index is 1.57. The Morgan fingerprint density at radius 1 is 1.16 bits per heavy atom. The number of amides is 1. The van der Waals surface area contributed by atoms with Gasteiger partial charge in [-0.15, -0.1) is 0 Å². The predicted octanol–water partition coefficient (Wildman–Crippen LogP) is 1.99. The van der Waals surface area contributed by atoms with Crippen molar-refractivity contribution in [2.24, 2.45) is 0 Å². The number of carbonyl (C=O) groups is 2. The van der Waals surface area contributed by atoms with Crippen molar-refractivity contribution >= 4 is 17.6 Å². The van der Waals surface area contributed by atoms with Crippen LogP contribution in [0.15, 0.2) is 61.1 Å². The van der Waals surface area contributed by atoms with Gasteiger partial charge in [0.05, 0.1) is 11.3 Å². The molecule has 25 heavy (non-hydrogen) atoms. The van der Waals surface area contributed by atoms with Crippen LogP contribution < -0.4 is 5.32 Å². The highest BCUT2D eigenvalue weighted by molar-refractivity contribution is 6.00. The molecule has 7 heteroatoms. The molecule has 2 aromatic heterocycles. The van der Waals surface area contributed by atoms with Gasteiger partial charge >= 0.3 is 5.97 Å². The Labute approximate surface area is 143 Å². The third-order valence-corrected chi connectivity index (χ3v) is 3.95. The Kier molecular flexibility index (Phi) is 3.74. The summed E-state index contributed by atoms with van der Waals surface area (Å²) in [6.07, 6.45) is 4.43. The fourth-order valence-corrected chi connectivity index (χ4v) is 2.76. The molecule has 3 aromatic rings. The van der Waals surface area contributed by atoms with Crippen LogP contribution in [0.25, 0.3) is 5.82 Å². The number of hydrogen-bond acceptors (Lipinski definition) is 5. The van der Waals surface area contributed by atoms with Gasteiger partial charge in [0.15, 0.2) is 11.9 Å². The molecule has 1 amide bonds. The number of nitrogens with one attached hydrogen (secondary N) is 1. The van der Waals surface area contributed by atoms with Gasteiger partial charge in [-0.25, -0.2) is 14.5 Å². The van der Waals surface area contributed by atoms with E-state index < -0.39 is 18.0 Å². The molecule has 1 aliphatic rings. The van der Waals surface area contributed by atoms with Crippen LogP contribution in [0.4, 0.5) is 5.69 Å². The zero-order chi connectivity index (χ0) is 17.2. The highest BCUT2D eigenvalue weighted by Crippen LogP contribution is 2.22. The summed E-state index contributed by atoms with van der Waals surface area (Å²) in [6, 6.07) is 12.3. The molecule has 1 aliphatic heterocycles. The molecule has 3 heterocycles. The lowest BCUT2D eigenvalue weighted by Gasteiger charge is -2.24. The molecular weight excluding hydrogens is 320 g/mol. The first-order valence-corrected chi connectivity index (χ1v) is 7.77. The minimum Gasteiger partial charge on any atom is -0.448 e. The third kappa shape index (κ3) is 2.87. The molecule has 0 unspecified atom stereocenters. The van der Waals surface area contributed by atoms with Crippen LogP contribution in [-0.4, -0.2) is 32.7 Å². The SMILES string of the molecule is O=C1O[C@H](C(=O)Nc2cccnc2-n2cccn2)Cc2ccccc21. The zero-order valence-corrected chi connectivity index (χ0v) is 13.1. The van der Waals surface area contributed by atoms with E-state index in [1.807, 2.05) is 12.1 Å². The summed E-state index contributed by atoms with van der Waals surface area (Å²) < 4.78 is 6.84.